The van der Waals surface area contributed by atoms with E-state index in [1.54, 1.807) is 48.3 Å². The monoisotopic (exact) mass is 334 g/mol. The molecule has 3 rings (SSSR count). The van der Waals surface area contributed by atoms with Crippen molar-refractivity contribution >= 4 is 23.2 Å². The number of hydrogen-bond acceptors (Lipinski definition) is 3. The number of nitrogens with zero attached hydrogens (tertiary/aromatic N) is 3. The molecular formula is C19H18N4O2. The summed E-state index contributed by atoms with van der Waals surface area (Å²) in [5.41, 5.74) is 2.51. The SMILES string of the molecule is CC(=O)N(C)c1cccc(NC(=O)c2ccn(-c3ccccc3)n2)c1. The van der Waals surface area contributed by atoms with Crippen molar-refractivity contribution in [1.29, 1.82) is 0 Å². The predicted molar refractivity (Wildman–Crippen MR) is 97.0 cm³/mol. The number of carbonyl (C=O) groups excluding carboxylic acids is 2. The number of anilines is 2. The van der Waals surface area contributed by atoms with E-state index in [0.29, 0.717) is 17.1 Å². The van der Waals surface area contributed by atoms with Crippen molar-refractivity contribution in [2.24, 2.45) is 0 Å². The van der Waals surface area contributed by atoms with E-state index >= 15 is 0 Å². The number of para-hydroxylation sites is 1. The number of hydrogen-bond donors (Lipinski definition) is 1. The van der Waals surface area contributed by atoms with Gasteiger partial charge >= 0.3 is 0 Å². The van der Waals surface area contributed by atoms with Gasteiger partial charge < -0.3 is 10.2 Å². The van der Waals surface area contributed by atoms with Gasteiger partial charge in [0.15, 0.2) is 5.69 Å². The molecule has 2 aromatic carbocycles. The second-order valence-electron chi connectivity index (χ2n) is 5.56. The summed E-state index contributed by atoms with van der Waals surface area (Å²) in [7, 11) is 1.69. The topological polar surface area (TPSA) is 67.2 Å². The Balaban J connectivity index is 1.76. The van der Waals surface area contributed by atoms with Crippen molar-refractivity contribution in [3.05, 3.63) is 72.6 Å². The van der Waals surface area contributed by atoms with E-state index < -0.39 is 0 Å². The minimum atomic E-state index is -0.308. The molecule has 0 saturated carbocycles. The van der Waals surface area contributed by atoms with Gasteiger partial charge in [-0.15, -0.1) is 0 Å². The van der Waals surface area contributed by atoms with Gasteiger partial charge in [-0.25, -0.2) is 4.68 Å². The third-order valence-electron chi connectivity index (χ3n) is 3.81. The van der Waals surface area contributed by atoms with Gasteiger partial charge in [0.25, 0.3) is 5.91 Å². The average molecular weight is 334 g/mol. The van der Waals surface area contributed by atoms with Crippen molar-refractivity contribution in [2.75, 3.05) is 17.3 Å². The first-order valence-electron chi connectivity index (χ1n) is 7.81. The van der Waals surface area contributed by atoms with Crippen LogP contribution in [0.25, 0.3) is 5.69 Å². The molecule has 1 heterocycles. The summed E-state index contributed by atoms with van der Waals surface area (Å²) in [6, 6.07) is 18.3. The third-order valence-corrected chi connectivity index (χ3v) is 3.81. The molecule has 0 aliphatic carbocycles. The lowest BCUT2D eigenvalue weighted by molar-refractivity contribution is -0.116. The molecule has 0 fully saturated rings. The van der Waals surface area contributed by atoms with E-state index in [1.165, 1.54) is 11.8 Å². The van der Waals surface area contributed by atoms with Crippen LogP contribution in [0.15, 0.2) is 66.9 Å². The number of benzene rings is 2. The van der Waals surface area contributed by atoms with Gasteiger partial charge in [0.05, 0.1) is 5.69 Å². The smallest absolute Gasteiger partial charge is 0.276 e. The highest BCUT2D eigenvalue weighted by atomic mass is 16.2. The fraction of sp³-hybridized carbons (Fsp3) is 0.105. The lowest BCUT2D eigenvalue weighted by atomic mass is 10.2. The van der Waals surface area contributed by atoms with Gasteiger partial charge in [0.2, 0.25) is 5.91 Å². The molecule has 1 aromatic heterocycles. The maximum absolute atomic E-state index is 12.4. The van der Waals surface area contributed by atoms with E-state index in [9.17, 15) is 9.59 Å². The molecule has 2 amide bonds. The maximum Gasteiger partial charge on any atom is 0.276 e. The second kappa shape index (κ2) is 7.00. The number of carbonyl (C=O) groups is 2. The minimum absolute atomic E-state index is 0.0786. The summed E-state index contributed by atoms with van der Waals surface area (Å²) >= 11 is 0. The first-order chi connectivity index (χ1) is 12.0. The molecule has 1 N–H and O–H groups in total. The predicted octanol–water partition coefficient (Wildman–Crippen LogP) is 3.11. The van der Waals surface area contributed by atoms with Crippen LogP contribution in [0.4, 0.5) is 11.4 Å². The van der Waals surface area contributed by atoms with Crippen molar-refractivity contribution in [3.63, 3.8) is 0 Å². The summed E-state index contributed by atoms with van der Waals surface area (Å²) in [6.07, 6.45) is 1.74. The first kappa shape index (κ1) is 16.4. The number of amides is 2. The molecule has 6 heteroatoms. The van der Waals surface area contributed by atoms with Crippen LogP contribution in [0.2, 0.25) is 0 Å². The van der Waals surface area contributed by atoms with Crippen LogP contribution < -0.4 is 10.2 Å². The van der Waals surface area contributed by atoms with Gasteiger partial charge in [-0.2, -0.15) is 5.10 Å². The van der Waals surface area contributed by atoms with E-state index in [4.69, 9.17) is 0 Å². The molecule has 0 bridgehead atoms. The summed E-state index contributed by atoms with van der Waals surface area (Å²) < 4.78 is 1.65. The Morgan fingerprint density at radius 2 is 1.80 bits per heavy atom. The van der Waals surface area contributed by atoms with E-state index in [-0.39, 0.29) is 11.8 Å². The first-order valence-corrected chi connectivity index (χ1v) is 7.81. The van der Waals surface area contributed by atoms with Crippen LogP contribution in [0.3, 0.4) is 0 Å². The molecule has 0 spiro atoms. The van der Waals surface area contributed by atoms with Crippen molar-refractivity contribution < 1.29 is 9.59 Å². The molecule has 0 radical (unpaired) electrons. The van der Waals surface area contributed by atoms with Gasteiger partial charge in [-0.1, -0.05) is 24.3 Å². The molecule has 25 heavy (non-hydrogen) atoms. The highest BCUT2D eigenvalue weighted by Crippen LogP contribution is 2.19. The standard InChI is InChI=1S/C19H18N4O2/c1-14(24)22(2)17-10-6-7-15(13-17)20-19(25)18-11-12-23(21-18)16-8-4-3-5-9-16/h3-13H,1-2H3,(H,20,25). The summed E-state index contributed by atoms with van der Waals surface area (Å²) in [4.78, 5) is 25.4. The largest absolute Gasteiger partial charge is 0.321 e. The molecule has 3 aromatic rings. The fourth-order valence-electron chi connectivity index (χ4n) is 2.34. The highest BCUT2D eigenvalue weighted by Gasteiger charge is 2.12. The zero-order valence-electron chi connectivity index (χ0n) is 14.0. The molecule has 0 saturated heterocycles. The van der Waals surface area contributed by atoms with Crippen LogP contribution in [-0.2, 0) is 4.79 Å². The zero-order chi connectivity index (χ0) is 17.8. The van der Waals surface area contributed by atoms with Crippen molar-refractivity contribution in [2.45, 2.75) is 6.92 Å². The lowest BCUT2D eigenvalue weighted by Gasteiger charge is -2.16. The van der Waals surface area contributed by atoms with Crippen LogP contribution in [0, 0.1) is 0 Å². The Hall–Kier alpha value is -3.41. The summed E-state index contributed by atoms with van der Waals surface area (Å²) in [5.74, 6) is -0.387. The summed E-state index contributed by atoms with van der Waals surface area (Å²) in [6.45, 7) is 1.49. The molecule has 0 unspecified atom stereocenters. The highest BCUT2D eigenvalue weighted by molar-refractivity contribution is 6.03. The van der Waals surface area contributed by atoms with Crippen molar-refractivity contribution in [3.8, 4) is 5.69 Å². The Kier molecular flexibility index (Phi) is 4.61. The molecule has 0 aliphatic rings. The minimum Gasteiger partial charge on any atom is -0.321 e. The molecular weight excluding hydrogens is 316 g/mol. The normalized spacial score (nSPS) is 10.3. The summed E-state index contributed by atoms with van der Waals surface area (Å²) in [5, 5.41) is 7.11. The average Bonchev–Trinajstić information content (AvgIpc) is 3.12. The van der Waals surface area contributed by atoms with Crippen LogP contribution in [0.1, 0.15) is 17.4 Å². The maximum atomic E-state index is 12.4. The number of aromatic nitrogens is 2. The van der Waals surface area contributed by atoms with E-state index in [1.807, 2.05) is 30.3 Å². The Bertz CT molecular complexity index is 903. The molecule has 126 valence electrons. The molecule has 0 atom stereocenters. The lowest BCUT2D eigenvalue weighted by Crippen LogP contribution is -2.23. The van der Waals surface area contributed by atoms with E-state index in [2.05, 4.69) is 10.4 Å². The molecule has 0 aliphatic heterocycles. The third kappa shape index (κ3) is 3.74. The van der Waals surface area contributed by atoms with Gasteiger partial charge in [-0.3, -0.25) is 9.59 Å². The van der Waals surface area contributed by atoms with Crippen LogP contribution >= 0.6 is 0 Å². The van der Waals surface area contributed by atoms with Gasteiger partial charge in [0, 0.05) is 31.5 Å². The van der Waals surface area contributed by atoms with E-state index in [0.717, 1.165) is 5.69 Å². The Labute approximate surface area is 145 Å². The molecule has 6 nitrogen and oxygen atoms in total. The number of rotatable bonds is 4. The Morgan fingerprint density at radius 1 is 1.04 bits per heavy atom. The number of nitrogens with one attached hydrogen (secondary N) is 1. The van der Waals surface area contributed by atoms with Crippen LogP contribution in [0.5, 0.6) is 0 Å². The second-order valence-corrected chi connectivity index (χ2v) is 5.56. The van der Waals surface area contributed by atoms with Gasteiger partial charge in [0.1, 0.15) is 0 Å². The quantitative estimate of drug-likeness (QED) is 0.797. The van der Waals surface area contributed by atoms with Gasteiger partial charge in [-0.05, 0) is 36.4 Å². The van der Waals surface area contributed by atoms with Crippen LogP contribution in [-0.4, -0.2) is 28.6 Å². The Morgan fingerprint density at radius 3 is 2.52 bits per heavy atom. The fourth-order valence-corrected chi connectivity index (χ4v) is 2.34. The zero-order valence-corrected chi connectivity index (χ0v) is 14.0. The van der Waals surface area contributed by atoms with Crippen molar-refractivity contribution in [1.82, 2.24) is 9.78 Å².